The molecule has 0 aliphatic heterocycles. The van der Waals surface area contributed by atoms with Crippen LogP contribution >= 0.6 is 0 Å². The molecule has 0 bridgehead atoms. The Bertz CT molecular complexity index is 381. The van der Waals surface area contributed by atoms with Crippen molar-refractivity contribution in [3.63, 3.8) is 0 Å². The van der Waals surface area contributed by atoms with Gasteiger partial charge in [0, 0.05) is 6.42 Å². The Morgan fingerprint density at radius 1 is 1.38 bits per heavy atom. The number of H-pyrrole nitrogens is 1. The summed E-state index contributed by atoms with van der Waals surface area (Å²) >= 11 is 0. The van der Waals surface area contributed by atoms with Crippen molar-refractivity contribution in [3.8, 4) is 0 Å². The lowest BCUT2D eigenvalue weighted by molar-refractivity contribution is 0.811. The number of rotatable bonds is 2. The number of anilines is 1. The third kappa shape index (κ3) is 1.58. The van der Waals surface area contributed by atoms with Gasteiger partial charge in [-0.2, -0.15) is 0 Å². The third-order valence-electron chi connectivity index (χ3n) is 1.56. The van der Waals surface area contributed by atoms with Gasteiger partial charge in [0.1, 0.15) is 11.5 Å². The molecule has 0 amide bonds. The zero-order valence-corrected chi connectivity index (χ0v) is 6.68. The van der Waals surface area contributed by atoms with Crippen molar-refractivity contribution < 1.29 is 0 Å². The highest BCUT2D eigenvalue weighted by molar-refractivity contribution is 5.34. The minimum Gasteiger partial charge on any atom is -0.382 e. The maximum absolute atomic E-state index is 5.54. The first-order valence-electron chi connectivity index (χ1n) is 3.65. The van der Waals surface area contributed by atoms with E-state index in [1.807, 2.05) is 0 Å². The number of nitrogens with one attached hydrogen (secondary N) is 1. The molecular weight excluding hydrogens is 170 g/mol. The highest BCUT2D eigenvalue weighted by atomic mass is 15.4. The summed E-state index contributed by atoms with van der Waals surface area (Å²) in [5.41, 5.74) is 6.97. The average molecular weight is 177 g/mol. The van der Waals surface area contributed by atoms with E-state index in [9.17, 15) is 0 Å². The van der Waals surface area contributed by atoms with Gasteiger partial charge >= 0.3 is 0 Å². The second kappa shape index (κ2) is 3.13. The topological polar surface area (TPSA) is 106 Å². The molecule has 7 heteroatoms. The summed E-state index contributed by atoms with van der Waals surface area (Å²) in [5, 5.41) is 20.7. The van der Waals surface area contributed by atoms with E-state index in [-0.39, 0.29) is 0 Å². The number of aromatic amines is 1. The molecule has 0 saturated carbocycles. The van der Waals surface area contributed by atoms with Gasteiger partial charge < -0.3 is 5.73 Å². The molecule has 13 heavy (non-hydrogen) atoms. The van der Waals surface area contributed by atoms with Crippen LogP contribution in [-0.2, 0) is 6.42 Å². The number of nitrogens with two attached hydrogens (primary N) is 1. The van der Waals surface area contributed by atoms with E-state index in [0.29, 0.717) is 17.9 Å². The Morgan fingerprint density at radius 2 is 2.31 bits per heavy atom. The van der Waals surface area contributed by atoms with E-state index in [0.717, 1.165) is 5.69 Å². The highest BCUT2D eigenvalue weighted by Crippen LogP contribution is 2.06. The zero-order chi connectivity index (χ0) is 9.10. The molecule has 66 valence electrons. The van der Waals surface area contributed by atoms with Gasteiger partial charge in [-0.15, -0.1) is 15.3 Å². The Hall–Kier alpha value is -2.05. The number of aromatic nitrogens is 6. The van der Waals surface area contributed by atoms with Crippen LogP contribution in [0.2, 0.25) is 0 Å². The molecule has 2 rings (SSSR count). The Kier molecular flexibility index (Phi) is 1.83. The quantitative estimate of drug-likeness (QED) is 0.619. The van der Waals surface area contributed by atoms with Gasteiger partial charge in [-0.1, -0.05) is 5.21 Å². The summed E-state index contributed by atoms with van der Waals surface area (Å²) in [5.74, 6) is 0.457. The minimum atomic E-state index is 0.457. The number of hydrogen-bond donors (Lipinski definition) is 2. The van der Waals surface area contributed by atoms with Crippen LogP contribution in [-0.4, -0.2) is 30.8 Å². The Morgan fingerprint density at radius 3 is 2.92 bits per heavy atom. The first kappa shape index (κ1) is 7.59. The lowest BCUT2D eigenvalue weighted by atomic mass is 10.2. The maximum Gasteiger partial charge on any atom is 0.143 e. The summed E-state index contributed by atoms with van der Waals surface area (Å²) in [6.45, 7) is 0. The molecule has 0 aliphatic carbocycles. The van der Waals surface area contributed by atoms with E-state index in [2.05, 4.69) is 30.8 Å². The highest BCUT2D eigenvalue weighted by Gasteiger charge is 2.05. The molecule has 0 aliphatic rings. The molecular formula is C6H7N7. The van der Waals surface area contributed by atoms with Crippen LogP contribution in [0.3, 0.4) is 0 Å². The van der Waals surface area contributed by atoms with Gasteiger partial charge in [0.25, 0.3) is 0 Å². The number of hydrogen-bond acceptors (Lipinski definition) is 6. The fourth-order valence-electron chi connectivity index (χ4n) is 0.920. The minimum absolute atomic E-state index is 0.457. The molecule has 0 atom stereocenters. The monoisotopic (exact) mass is 177 g/mol. The van der Waals surface area contributed by atoms with E-state index in [4.69, 9.17) is 5.73 Å². The van der Waals surface area contributed by atoms with Crippen LogP contribution in [0, 0.1) is 0 Å². The average Bonchev–Trinajstić information content (AvgIpc) is 2.54. The van der Waals surface area contributed by atoms with Crippen molar-refractivity contribution in [3.05, 3.63) is 23.7 Å². The van der Waals surface area contributed by atoms with E-state index in [1.165, 1.54) is 0 Å². The van der Waals surface area contributed by atoms with Crippen LogP contribution in [0.1, 0.15) is 11.4 Å². The largest absolute Gasteiger partial charge is 0.382 e. The van der Waals surface area contributed by atoms with Gasteiger partial charge in [0.15, 0.2) is 0 Å². The first-order chi connectivity index (χ1) is 6.36. The van der Waals surface area contributed by atoms with Crippen molar-refractivity contribution in [2.45, 2.75) is 6.42 Å². The number of nitrogens with zero attached hydrogens (tertiary/aromatic N) is 5. The van der Waals surface area contributed by atoms with Crippen molar-refractivity contribution >= 4 is 5.82 Å². The lowest BCUT2D eigenvalue weighted by Gasteiger charge is -1.94. The molecule has 0 radical (unpaired) electrons. The second-order valence-corrected chi connectivity index (χ2v) is 2.46. The van der Waals surface area contributed by atoms with Crippen LogP contribution in [0.25, 0.3) is 0 Å². The summed E-state index contributed by atoms with van der Waals surface area (Å²) in [6.07, 6.45) is 2.08. The van der Waals surface area contributed by atoms with E-state index in [1.54, 1.807) is 12.3 Å². The second-order valence-electron chi connectivity index (χ2n) is 2.46. The molecule has 2 aromatic rings. The smallest absolute Gasteiger partial charge is 0.143 e. The summed E-state index contributed by atoms with van der Waals surface area (Å²) < 4.78 is 0. The van der Waals surface area contributed by atoms with Crippen molar-refractivity contribution in [2.24, 2.45) is 0 Å². The van der Waals surface area contributed by atoms with Crippen LogP contribution in [0.4, 0.5) is 5.82 Å². The van der Waals surface area contributed by atoms with Crippen molar-refractivity contribution in [2.75, 3.05) is 5.73 Å². The standard InChI is InChI=1S/C6H7N7/c7-6-5(10-13-11-6)3-4-1-2-8-12-9-4/h1-2H,3H2,(H3,7,10,11,13). The maximum atomic E-state index is 5.54. The molecule has 0 aromatic carbocycles. The first-order valence-corrected chi connectivity index (χ1v) is 3.65. The number of nitrogen functional groups attached to an aromatic ring is 1. The summed E-state index contributed by atoms with van der Waals surface area (Å²) in [4.78, 5) is 0. The normalized spacial score (nSPS) is 10.2. The molecule has 0 spiro atoms. The zero-order valence-electron chi connectivity index (χ0n) is 6.68. The van der Waals surface area contributed by atoms with E-state index >= 15 is 0 Å². The fourth-order valence-corrected chi connectivity index (χ4v) is 0.920. The summed E-state index contributed by atoms with van der Waals surface area (Å²) in [6, 6.07) is 1.75. The van der Waals surface area contributed by atoms with Gasteiger partial charge in [-0.3, -0.25) is 0 Å². The molecule has 0 saturated heterocycles. The molecule has 2 heterocycles. The van der Waals surface area contributed by atoms with Gasteiger partial charge in [0.2, 0.25) is 0 Å². The Labute approximate surface area is 73.4 Å². The van der Waals surface area contributed by atoms with Crippen LogP contribution in [0.15, 0.2) is 12.3 Å². The molecule has 3 N–H and O–H groups in total. The predicted octanol–water partition coefficient (Wildman–Crippen LogP) is -0.837. The summed E-state index contributed by atoms with van der Waals surface area (Å²) in [7, 11) is 0. The van der Waals surface area contributed by atoms with Gasteiger partial charge in [0.05, 0.1) is 11.9 Å². The van der Waals surface area contributed by atoms with Gasteiger partial charge in [-0.05, 0) is 11.3 Å². The lowest BCUT2D eigenvalue weighted by Crippen LogP contribution is -1.98. The molecule has 0 fully saturated rings. The molecule has 0 unspecified atom stereocenters. The van der Waals surface area contributed by atoms with E-state index < -0.39 is 0 Å². The Balaban J connectivity index is 2.20. The van der Waals surface area contributed by atoms with Crippen LogP contribution < -0.4 is 5.73 Å². The molecule has 2 aromatic heterocycles. The predicted molar refractivity (Wildman–Crippen MR) is 43.4 cm³/mol. The SMILES string of the molecule is Nc1[nH]nnc1Cc1ccnnn1. The molecule has 7 nitrogen and oxygen atoms in total. The third-order valence-corrected chi connectivity index (χ3v) is 1.56. The van der Waals surface area contributed by atoms with Crippen LogP contribution in [0.5, 0.6) is 0 Å². The van der Waals surface area contributed by atoms with Crippen molar-refractivity contribution in [1.82, 2.24) is 30.8 Å². The van der Waals surface area contributed by atoms with Gasteiger partial charge in [-0.25, -0.2) is 5.10 Å². The fraction of sp³-hybridized carbons (Fsp3) is 0.167. The van der Waals surface area contributed by atoms with Crippen molar-refractivity contribution in [1.29, 1.82) is 0 Å².